The Morgan fingerprint density at radius 1 is 1.24 bits per heavy atom. The second-order valence-corrected chi connectivity index (χ2v) is 6.20. The number of carboxylic acids is 1. The van der Waals surface area contributed by atoms with Crippen molar-refractivity contribution in [1.82, 2.24) is 15.1 Å². The van der Waals surface area contributed by atoms with Gasteiger partial charge in [-0.15, -0.1) is 0 Å². The van der Waals surface area contributed by atoms with Gasteiger partial charge in [0.15, 0.2) is 0 Å². The number of carboxylic acid groups (broad SMARTS) is 1. The molecule has 3 aliphatic rings. The smallest absolute Gasteiger partial charge is 0.320 e. The molecule has 0 aromatic heterocycles. The van der Waals surface area contributed by atoms with Crippen LogP contribution in [0.25, 0.3) is 0 Å². The van der Waals surface area contributed by atoms with Crippen LogP contribution in [0, 0.1) is 0 Å². The summed E-state index contributed by atoms with van der Waals surface area (Å²) in [5.74, 6) is -0.813. The monoisotopic (exact) mass is 297 g/mol. The molecular formula is C14H23N3O4. The number of hydrogen-bond donors (Lipinski definition) is 2. The zero-order chi connectivity index (χ0) is 15.0. The molecule has 2 amide bonds. The number of carbonyl (C=O) groups excluding carboxylic acids is 1. The van der Waals surface area contributed by atoms with E-state index >= 15 is 0 Å². The zero-order valence-electron chi connectivity index (χ0n) is 12.3. The van der Waals surface area contributed by atoms with E-state index in [2.05, 4.69) is 5.32 Å². The summed E-state index contributed by atoms with van der Waals surface area (Å²) in [7, 11) is 0. The summed E-state index contributed by atoms with van der Waals surface area (Å²) in [6.07, 6.45) is 3.59. The van der Waals surface area contributed by atoms with Crippen LogP contribution in [0.2, 0.25) is 0 Å². The van der Waals surface area contributed by atoms with Crippen molar-refractivity contribution in [2.75, 3.05) is 26.2 Å². The van der Waals surface area contributed by atoms with Crippen LogP contribution in [-0.2, 0) is 9.53 Å². The average Bonchev–Trinajstić information content (AvgIpc) is 3.09. The van der Waals surface area contributed by atoms with E-state index in [0.29, 0.717) is 32.3 Å². The number of urea groups is 1. The molecule has 21 heavy (non-hydrogen) atoms. The van der Waals surface area contributed by atoms with Crippen LogP contribution in [0.3, 0.4) is 0 Å². The topological polar surface area (TPSA) is 82.1 Å². The molecule has 2 bridgehead atoms. The molecule has 0 aromatic rings. The normalized spacial score (nSPS) is 34.0. The van der Waals surface area contributed by atoms with Crippen LogP contribution in [-0.4, -0.2) is 77.4 Å². The number of hydrogen-bond acceptors (Lipinski definition) is 4. The van der Waals surface area contributed by atoms with Gasteiger partial charge in [0.2, 0.25) is 0 Å². The van der Waals surface area contributed by atoms with Crippen molar-refractivity contribution in [1.29, 1.82) is 0 Å². The predicted molar refractivity (Wildman–Crippen MR) is 75.1 cm³/mol. The summed E-state index contributed by atoms with van der Waals surface area (Å²) in [5, 5.41) is 12.1. The maximum Gasteiger partial charge on any atom is 0.320 e. The molecule has 0 saturated carbocycles. The van der Waals surface area contributed by atoms with Crippen molar-refractivity contribution in [3.63, 3.8) is 0 Å². The Morgan fingerprint density at radius 3 is 2.48 bits per heavy atom. The van der Waals surface area contributed by atoms with Gasteiger partial charge in [-0.1, -0.05) is 0 Å². The number of nitrogens with one attached hydrogen (secondary N) is 1. The van der Waals surface area contributed by atoms with E-state index in [-0.39, 0.29) is 18.2 Å². The van der Waals surface area contributed by atoms with Gasteiger partial charge >= 0.3 is 12.0 Å². The Balaban J connectivity index is 1.46. The fraction of sp³-hybridized carbons (Fsp3) is 0.857. The summed E-state index contributed by atoms with van der Waals surface area (Å²) in [5.41, 5.74) is 0. The molecule has 0 aromatic carbocycles. The highest BCUT2D eigenvalue weighted by Gasteiger charge is 2.42. The standard InChI is InChI=1S/C14H23N3O4/c1-9(13(18)19)16-4-6-17(7-5-16)14(20)15-11-8-10-2-3-12(11)21-10/h9-12H,2-8H2,1H3,(H,15,20)(H,18,19). The third-order valence-electron chi connectivity index (χ3n) is 4.92. The molecule has 7 nitrogen and oxygen atoms in total. The molecule has 3 aliphatic heterocycles. The van der Waals surface area contributed by atoms with Crippen LogP contribution in [0.15, 0.2) is 0 Å². The van der Waals surface area contributed by atoms with Gasteiger partial charge in [-0.05, 0) is 26.2 Å². The first-order chi connectivity index (χ1) is 10.0. The van der Waals surface area contributed by atoms with Crippen LogP contribution in [0.5, 0.6) is 0 Å². The first-order valence-corrected chi connectivity index (χ1v) is 7.72. The molecule has 7 heteroatoms. The number of amides is 2. The van der Waals surface area contributed by atoms with Gasteiger partial charge < -0.3 is 20.1 Å². The Bertz CT molecular complexity index is 422. The minimum Gasteiger partial charge on any atom is -0.480 e. The molecule has 4 atom stereocenters. The summed E-state index contributed by atoms with van der Waals surface area (Å²) in [4.78, 5) is 26.9. The number of ether oxygens (including phenoxy) is 1. The van der Waals surface area contributed by atoms with Gasteiger partial charge in [0.1, 0.15) is 6.04 Å². The molecule has 0 aliphatic carbocycles. The largest absolute Gasteiger partial charge is 0.480 e. The van der Waals surface area contributed by atoms with Crippen molar-refractivity contribution in [2.45, 2.75) is 50.5 Å². The van der Waals surface area contributed by atoms with Crippen molar-refractivity contribution < 1.29 is 19.4 Å². The molecule has 3 saturated heterocycles. The quantitative estimate of drug-likeness (QED) is 0.772. The Kier molecular flexibility index (Phi) is 4.03. The summed E-state index contributed by atoms with van der Waals surface area (Å²) in [6, 6.07) is -0.389. The summed E-state index contributed by atoms with van der Waals surface area (Å²) in [6.45, 7) is 4.04. The molecule has 3 heterocycles. The predicted octanol–water partition coefficient (Wildman–Crippen LogP) is 0.107. The van der Waals surface area contributed by atoms with Gasteiger partial charge in [-0.2, -0.15) is 0 Å². The van der Waals surface area contributed by atoms with E-state index < -0.39 is 12.0 Å². The highest BCUT2D eigenvalue weighted by molar-refractivity contribution is 5.75. The second kappa shape index (κ2) is 5.81. The van der Waals surface area contributed by atoms with Gasteiger partial charge in [-0.3, -0.25) is 9.69 Å². The van der Waals surface area contributed by atoms with Crippen LogP contribution >= 0.6 is 0 Å². The minimum absolute atomic E-state index is 0.0428. The Labute approximate surface area is 124 Å². The highest BCUT2D eigenvalue weighted by Crippen LogP contribution is 2.34. The van der Waals surface area contributed by atoms with Gasteiger partial charge in [-0.25, -0.2) is 4.79 Å². The zero-order valence-corrected chi connectivity index (χ0v) is 12.3. The van der Waals surface area contributed by atoms with Crippen LogP contribution < -0.4 is 5.32 Å². The lowest BCUT2D eigenvalue weighted by molar-refractivity contribution is -0.143. The highest BCUT2D eigenvalue weighted by atomic mass is 16.5. The summed E-state index contributed by atoms with van der Waals surface area (Å²) < 4.78 is 5.74. The Hall–Kier alpha value is -1.34. The fourth-order valence-corrected chi connectivity index (χ4v) is 3.51. The van der Waals surface area contributed by atoms with Crippen molar-refractivity contribution in [3.8, 4) is 0 Å². The number of piperazine rings is 1. The maximum absolute atomic E-state index is 12.3. The van der Waals surface area contributed by atoms with Gasteiger partial charge in [0.05, 0.1) is 18.2 Å². The van der Waals surface area contributed by atoms with E-state index in [0.717, 1.165) is 19.3 Å². The summed E-state index contributed by atoms with van der Waals surface area (Å²) >= 11 is 0. The lowest BCUT2D eigenvalue weighted by Crippen LogP contribution is -2.56. The van der Waals surface area contributed by atoms with Crippen LogP contribution in [0.4, 0.5) is 4.79 Å². The van der Waals surface area contributed by atoms with Crippen molar-refractivity contribution >= 4 is 12.0 Å². The number of nitrogens with zero attached hydrogens (tertiary/aromatic N) is 2. The first-order valence-electron chi connectivity index (χ1n) is 7.72. The second-order valence-electron chi connectivity index (χ2n) is 6.20. The number of carbonyl (C=O) groups is 2. The van der Waals surface area contributed by atoms with E-state index in [1.807, 2.05) is 4.90 Å². The molecule has 2 N–H and O–H groups in total. The molecule has 3 rings (SSSR count). The Morgan fingerprint density at radius 2 is 1.95 bits per heavy atom. The van der Waals surface area contributed by atoms with E-state index in [9.17, 15) is 9.59 Å². The lowest BCUT2D eigenvalue weighted by atomic mass is 9.96. The van der Waals surface area contributed by atoms with E-state index in [1.165, 1.54) is 0 Å². The first kappa shape index (κ1) is 14.6. The third-order valence-corrected chi connectivity index (χ3v) is 4.92. The van der Waals surface area contributed by atoms with Gasteiger partial charge in [0, 0.05) is 26.2 Å². The molecule has 4 unspecified atom stereocenters. The number of fused-ring (bicyclic) bond motifs is 2. The van der Waals surface area contributed by atoms with Gasteiger partial charge in [0.25, 0.3) is 0 Å². The number of rotatable bonds is 3. The molecule has 0 radical (unpaired) electrons. The third kappa shape index (κ3) is 2.98. The van der Waals surface area contributed by atoms with E-state index in [1.54, 1.807) is 11.8 Å². The fourth-order valence-electron chi connectivity index (χ4n) is 3.51. The van der Waals surface area contributed by atoms with Crippen molar-refractivity contribution in [2.24, 2.45) is 0 Å². The molecular weight excluding hydrogens is 274 g/mol. The molecule has 0 spiro atoms. The number of aliphatic carboxylic acids is 1. The SMILES string of the molecule is CC(C(=O)O)N1CCN(C(=O)NC2CC3CCC2O3)CC1. The molecule has 3 fully saturated rings. The van der Waals surface area contributed by atoms with Crippen LogP contribution in [0.1, 0.15) is 26.2 Å². The van der Waals surface area contributed by atoms with Crippen molar-refractivity contribution in [3.05, 3.63) is 0 Å². The minimum atomic E-state index is -0.813. The molecule has 118 valence electrons. The average molecular weight is 297 g/mol. The maximum atomic E-state index is 12.3. The lowest BCUT2D eigenvalue weighted by Gasteiger charge is -2.37. The van der Waals surface area contributed by atoms with E-state index in [4.69, 9.17) is 9.84 Å².